The standard InChI is InChI=1S/C19H29N3/c1-15(20(2)3)17-8-11-22(12-9-17)14-16-5-6-18-7-10-21(4)19(18)13-16/h5-7,10,13,15,17H,8-9,11-12,14H2,1-4H3/t15-/m0/s1. The van der Waals surface area contributed by atoms with E-state index in [0.29, 0.717) is 6.04 Å². The molecule has 0 bridgehead atoms. The Morgan fingerprint density at radius 1 is 1.18 bits per heavy atom. The number of benzene rings is 1. The van der Waals surface area contributed by atoms with Gasteiger partial charge in [-0.25, -0.2) is 0 Å². The molecular formula is C19H29N3. The number of hydrogen-bond donors (Lipinski definition) is 0. The number of fused-ring (bicyclic) bond motifs is 1. The van der Waals surface area contributed by atoms with E-state index in [1.165, 1.54) is 42.4 Å². The van der Waals surface area contributed by atoms with Gasteiger partial charge in [-0.05, 0) is 76.0 Å². The molecule has 0 saturated carbocycles. The SMILES string of the molecule is C[C@@H](C1CCN(Cc2ccc3ccn(C)c3c2)CC1)N(C)C. The molecule has 3 heteroatoms. The Bertz CT molecular complexity index is 621. The number of piperidine rings is 1. The molecule has 2 heterocycles. The quantitative estimate of drug-likeness (QED) is 0.858. The van der Waals surface area contributed by atoms with Crippen molar-refractivity contribution in [2.24, 2.45) is 13.0 Å². The minimum Gasteiger partial charge on any atom is -0.351 e. The second-order valence-electron chi connectivity index (χ2n) is 7.14. The van der Waals surface area contributed by atoms with Gasteiger partial charge in [0, 0.05) is 31.3 Å². The molecule has 1 aromatic carbocycles. The lowest BCUT2D eigenvalue weighted by atomic mass is 9.89. The van der Waals surface area contributed by atoms with Crippen molar-refractivity contribution in [2.45, 2.75) is 32.4 Å². The number of aromatic nitrogens is 1. The highest BCUT2D eigenvalue weighted by Gasteiger charge is 2.24. The molecule has 0 spiro atoms. The summed E-state index contributed by atoms with van der Waals surface area (Å²) in [5.41, 5.74) is 2.78. The molecule has 0 N–H and O–H groups in total. The van der Waals surface area contributed by atoms with Crippen molar-refractivity contribution in [3.05, 3.63) is 36.0 Å². The van der Waals surface area contributed by atoms with Crippen molar-refractivity contribution in [3.8, 4) is 0 Å². The molecule has 1 aliphatic rings. The van der Waals surface area contributed by atoms with Crippen molar-refractivity contribution in [3.63, 3.8) is 0 Å². The fourth-order valence-electron chi connectivity index (χ4n) is 3.68. The molecule has 2 aromatic rings. The maximum absolute atomic E-state index is 2.61. The molecule has 120 valence electrons. The Labute approximate surface area is 134 Å². The van der Waals surface area contributed by atoms with Crippen LogP contribution in [-0.2, 0) is 13.6 Å². The van der Waals surface area contributed by atoms with Crippen LogP contribution >= 0.6 is 0 Å². The molecule has 0 aliphatic carbocycles. The largest absolute Gasteiger partial charge is 0.351 e. The number of hydrogen-bond acceptors (Lipinski definition) is 2. The van der Waals surface area contributed by atoms with Crippen molar-refractivity contribution in [2.75, 3.05) is 27.2 Å². The molecule has 0 unspecified atom stereocenters. The van der Waals surface area contributed by atoms with Crippen LogP contribution in [0.25, 0.3) is 10.9 Å². The normalized spacial score (nSPS) is 19.1. The van der Waals surface area contributed by atoms with Gasteiger partial charge in [-0.3, -0.25) is 4.90 Å². The Morgan fingerprint density at radius 2 is 1.91 bits per heavy atom. The summed E-state index contributed by atoms with van der Waals surface area (Å²) in [6, 6.07) is 9.78. The van der Waals surface area contributed by atoms with Crippen LogP contribution in [0, 0.1) is 5.92 Å². The molecule has 1 fully saturated rings. The van der Waals surface area contributed by atoms with Gasteiger partial charge in [0.1, 0.15) is 0 Å². The molecular weight excluding hydrogens is 270 g/mol. The highest BCUT2D eigenvalue weighted by atomic mass is 15.1. The monoisotopic (exact) mass is 299 g/mol. The first kappa shape index (κ1) is 15.6. The van der Waals surface area contributed by atoms with Gasteiger partial charge in [0.15, 0.2) is 0 Å². The summed E-state index contributed by atoms with van der Waals surface area (Å²) in [5, 5.41) is 1.34. The van der Waals surface area contributed by atoms with Crippen LogP contribution in [0.2, 0.25) is 0 Å². The van der Waals surface area contributed by atoms with Crippen LogP contribution in [0.15, 0.2) is 30.5 Å². The van der Waals surface area contributed by atoms with Gasteiger partial charge in [0.05, 0.1) is 0 Å². The van der Waals surface area contributed by atoms with Gasteiger partial charge >= 0.3 is 0 Å². The van der Waals surface area contributed by atoms with E-state index in [0.717, 1.165) is 12.5 Å². The van der Waals surface area contributed by atoms with Crippen LogP contribution < -0.4 is 0 Å². The molecule has 1 atom stereocenters. The summed E-state index contributed by atoms with van der Waals surface area (Å²) in [7, 11) is 6.53. The number of rotatable bonds is 4. The van der Waals surface area contributed by atoms with E-state index in [-0.39, 0.29) is 0 Å². The molecule has 1 aromatic heterocycles. The van der Waals surface area contributed by atoms with E-state index in [9.17, 15) is 0 Å². The van der Waals surface area contributed by atoms with Gasteiger partial charge in [0.2, 0.25) is 0 Å². The van der Waals surface area contributed by atoms with E-state index in [1.54, 1.807) is 0 Å². The summed E-state index contributed by atoms with van der Waals surface area (Å²) < 4.78 is 2.21. The lowest BCUT2D eigenvalue weighted by Gasteiger charge is -2.37. The third kappa shape index (κ3) is 3.21. The van der Waals surface area contributed by atoms with Gasteiger partial charge in [-0.1, -0.05) is 12.1 Å². The molecule has 1 aliphatic heterocycles. The molecule has 3 rings (SSSR count). The molecule has 0 radical (unpaired) electrons. The minimum absolute atomic E-state index is 0.696. The van der Waals surface area contributed by atoms with Crippen molar-refractivity contribution < 1.29 is 0 Å². The Hall–Kier alpha value is -1.32. The average Bonchev–Trinajstić information content (AvgIpc) is 2.88. The first-order chi connectivity index (χ1) is 10.5. The highest BCUT2D eigenvalue weighted by Crippen LogP contribution is 2.25. The Morgan fingerprint density at radius 3 is 2.59 bits per heavy atom. The lowest BCUT2D eigenvalue weighted by Crippen LogP contribution is -2.41. The summed E-state index contributed by atoms with van der Waals surface area (Å²) in [5.74, 6) is 0.849. The van der Waals surface area contributed by atoms with E-state index in [1.807, 2.05) is 0 Å². The second-order valence-corrected chi connectivity index (χ2v) is 7.14. The van der Waals surface area contributed by atoms with E-state index < -0.39 is 0 Å². The van der Waals surface area contributed by atoms with Crippen molar-refractivity contribution in [1.82, 2.24) is 14.4 Å². The summed E-state index contributed by atoms with van der Waals surface area (Å²) in [6.45, 7) is 5.91. The van der Waals surface area contributed by atoms with Crippen molar-refractivity contribution >= 4 is 10.9 Å². The number of likely N-dealkylation sites (tertiary alicyclic amines) is 1. The van der Waals surface area contributed by atoms with E-state index in [2.05, 4.69) is 72.9 Å². The fraction of sp³-hybridized carbons (Fsp3) is 0.579. The topological polar surface area (TPSA) is 11.4 Å². The third-order valence-corrected chi connectivity index (χ3v) is 5.49. The molecule has 1 saturated heterocycles. The van der Waals surface area contributed by atoms with Gasteiger partial charge in [-0.2, -0.15) is 0 Å². The zero-order valence-electron chi connectivity index (χ0n) is 14.4. The van der Waals surface area contributed by atoms with Crippen molar-refractivity contribution in [1.29, 1.82) is 0 Å². The minimum atomic E-state index is 0.696. The van der Waals surface area contributed by atoms with Gasteiger partial charge < -0.3 is 9.47 Å². The maximum atomic E-state index is 2.61. The predicted molar refractivity (Wildman–Crippen MR) is 94.1 cm³/mol. The first-order valence-corrected chi connectivity index (χ1v) is 8.47. The Kier molecular flexibility index (Phi) is 4.55. The molecule has 22 heavy (non-hydrogen) atoms. The molecule has 3 nitrogen and oxygen atoms in total. The first-order valence-electron chi connectivity index (χ1n) is 8.47. The van der Waals surface area contributed by atoms with Gasteiger partial charge in [-0.15, -0.1) is 0 Å². The van der Waals surface area contributed by atoms with E-state index >= 15 is 0 Å². The smallest absolute Gasteiger partial charge is 0.0480 e. The number of nitrogens with zero attached hydrogens (tertiary/aromatic N) is 3. The lowest BCUT2D eigenvalue weighted by molar-refractivity contribution is 0.121. The summed E-state index contributed by atoms with van der Waals surface area (Å²) in [4.78, 5) is 4.98. The zero-order valence-corrected chi connectivity index (χ0v) is 14.4. The van der Waals surface area contributed by atoms with Gasteiger partial charge in [0.25, 0.3) is 0 Å². The highest BCUT2D eigenvalue weighted by molar-refractivity contribution is 5.80. The summed E-state index contributed by atoms with van der Waals surface area (Å²) in [6.07, 6.45) is 4.79. The average molecular weight is 299 g/mol. The zero-order chi connectivity index (χ0) is 15.7. The fourth-order valence-corrected chi connectivity index (χ4v) is 3.68. The van der Waals surface area contributed by atoms with Crippen LogP contribution in [0.4, 0.5) is 0 Å². The Balaban J connectivity index is 1.61. The van der Waals surface area contributed by atoms with Crippen LogP contribution in [0.3, 0.4) is 0 Å². The van der Waals surface area contributed by atoms with Crippen LogP contribution in [-0.4, -0.2) is 47.6 Å². The molecule has 0 amide bonds. The maximum Gasteiger partial charge on any atom is 0.0480 e. The summed E-state index contributed by atoms with van der Waals surface area (Å²) >= 11 is 0. The third-order valence-electron chi connectivity index (χ3n) is 5.49. The second kappa shape index (κ2) is 6.43. The van der Waals surface area contributed by atoms with E-state index in [4.69, 9.17) is 0 Å². The number of aryl methyl sites for hydroxylation is 1. The predicted octanol–water partition coefficient (Wildman–Crippen LogP) is 3.34. The van der Waals surface area contributed by atoms with Crippen LogP contribution in [0.1, 0.15) is 25.3 Å². The van der Waals surface area contributed by atoms with Crippen LogP contribution in [0.5, 0.6) is 0 Å².